The van der Waals surface area contributed by atoms with Gasteiger partial charge in [-0.25, -0.2) is 0 Å². The van der Waals surface area contributed by atoms with Crippen molar-refractivity contribution in [2.45, 2.75) is 44.4 Å². The molecule has 9 heteroatoms. The van der Waals surface area contributed by atoms with E-state index in [-0.39, 0.29) is 24.6 Å². The number of rotatable bonds is 4. The Bertz CT molecular complexity index is 626. The van der Waals surface area contributed by atoms with Crippen LogP contribution in [0.2, 0.25) is 0 Å². The summed E-state index contributed by atoms with van der Waals surface area (Å²) in [6, 6.07) is 6.17. The second kappa shape index (κ2) is 8.17. The molecule has 0 saturated heterocycles. The van der Waals surface area contributed by atoms with E-state index in [0.29, 0.717) is 25.3 Å². The van der Waals surface area contributed by atoms with Crippen molar-refractivity contribution in [2.24, 2.45) is 10.9 Å². The molecule has 1 fully saturated rings. The average molecular weight is 358 g/mol. The number of halogens is 3. The van der Waals surface area contributed by atoms with Crippen molar-refractivity contribution in [3.8, 4) is 0 Å². The first-order valence-corrected chi connectivity index (χ1v) is 8.07. The van der Waals surface area contributed by atoms with Crippen molar-refractivity contribution in [3.05, 3.63) is 39.9 Å². The number of benzene rings is 1. The molecule has 1 aliphatic rings. The van der Waals surface area contributed by atoms with Crippen LogP contribution >= 0.6 is 0 Å². The lowest BCUT2D eigenvalue weighted by Gasteiger charge is -2.31. The Labute approximate surface area is 143 Å². The minimum Gasteiger partial charge on any atom is -0.354 e. The number of nitro benzene ring substituents is 1. The summed E-state index contributed by atoms with van der Waals surface area (Å²) in [4.78, 5) is 14.4. The molecular formula is C16H21F3N4O2. The molecule has 1 saturated carbocycles. The highest BCUT2D eigenvalue weighted by molar-refractivity contribution is 5.79. The van der Waals surface area contributed by atoms with Gasteiger partial charge in [0.1, 0.15) is 0 Å². The van der Waals surface area contributed by atoms with E-state index in [1.807, 2.05) is 0 Å². The van der Waals surface area contributed by atoms with Gasteiger partial charge in [0.05, 0.1) is 10.8 Å². The molecule has 0 bridgehead atoms. The Morgan fingerprint density at radius 3 is 2.56 bits per heavy atom. The fraction of sp³-hybridized carbons (Fsp3) is 0.562. The highest BCUT2D eigenvalue weighted by Gasteiger charge is 2.41. The lowest BCUT2D eigenvalue weighted by atomic mass is 9.85. The summed E-state index contributed by atoms with van der Waals surface area (Å²) in [7, 11) is 1.57. The van der Waals surface area contributed by atoms with Crippen LogP contribution < -0.4 is 10.6 Å². The van der Waals surface area contributed by atoms with Gasteiger partial charge in [-0.3, -0.25) is 15.1 Å². The molecule has 0 aliphatic heterocycles. The number of guanidine groups is 1. The van der Waals surface area contributed by atoms with E-state index in [0.717, 1.165) is 5.56 Å². The maximum atomic E-state index is 12.7. The minimum atomic E-state index is -4.12. The molecule has 25 heavy (non-hydrogen) atoms. The monoisotopic (exact) mass is 358 g/mol. The molecule has 0 aromatic heterocycles. The van der Waals surface area contributed by atoms with Crippen molar-refractivity contribution in [2.75, 3.05) is 7.05 Å². The quantitative estimate of drug-likeness (QED) is 0.374. The van der Waals surface area contributed by atoms with Gasteiger partial charge >= 0.3 is 6.18 Å². The predicted octanol–water partition coefficient (Wildman–Crippen LogP) is 3.38. The van der Waals surface area contributed by atoms with E-state index in [1.54, 1.807) is 19.2 Å². The van der Waals surface area contributed by atoms with E-state index in [9.17, 15) is 23.3 Å². The summed E-state index contributed by atoms with van der Waals surface area (Å²) in [5.41, 5.74) is 0.727. The Morgan fingerprint density at radius 1 is 1.32 bits per heavy atom. The number of aliphatic imine (C=N–C) groups is 1. The third-order valence-corrected chi connectivity index (χ3v) is 4.34. The van der Waals surface area contributed by atoms with Crippen LogP contribution in [-0.2, 0) is 6.54 Å². The van der Waals surface area contributed by atoms with Crippen LogP contribution in [0.5, 0.6) is 0 Å². The molecule has 0 spiro atoms. The lowest BCUT2D eigenvalue weighted by Crippen LogP contribution is -2.45. The molecule has 2 rings (SSSR count). The average Bonchev–Trinajstić information content (AvgIpc) is 2.58. The molecule has 1 aliphatic carbocycles. The molecule has 0 heterocycles. The number of nitrogens with one attached hydrogen (secondary N) is 2. The largest absolute Gasteiger partial charge is 0.391 e. The third kappa shape index (κ3) is 5.61. The second-order valence-corrected chi connectivity index (χ2v) is 6.09. The molecule has 138 valence electrons. The normalized spacial score (nSPS) is 21.7. The maximum absolute atomic E-state index is 12.7. The van der Waals surface area contributed by atoms with Gasteiger partial charge in [0, 0.05) is 31.8 Å². The number of nitrogens with zero attached hydrogens (tertiary/aromatic N) is 2. The van der Waals surface area contributed by atoms with Crippen LogP contribution in [0.1, 0.15) is 31.2 Å². The van der Waals surface area contributed by atoms with Crippen LogP contribution in [-0.4, -0.2) is 30.1 Å². The van der Waals surface area contributed by atoms with Gasteiger partial charge in [0.2, 0.25) is 0 Å². The molecule has 0 radical (unpaired) electrons. The van der Waals surface area contributed by atoms with Crippen molar-refractivity contribution < 1.29 is 18.1 Å². The Hall–Kier alpha value is -2.32. The van der Waals surface area contributed by atoms with Gasteiger partial charge in [-0.2, -0.15) is 13.2 Å². The summed E-state index contributed by atoms with van der Waals surface area (Å²) >= 11 is 0. The number of non-ortho nitro benzene ring substituents is 1. The zero-order chi connectivity index (χ0) is 18.4. The Balaban J connectivity index is 1.84. The van der Waals surface area contributed by atoms with Gasteiger partial charge in [-0.05, 0) is 31.2 Å². The Morgan fingerprint density at radius 2 is 2.00 bits per heavy atom. The molecule has 6 nitrogen and oxygen atoms in total. The molecule has 1 aromatic rings. The van der Waals surface area contributed by atoms with Crippen molar-refractivity contribution in [1.82, 2.24) is 10.6 Å². The number of hydrogen-bond donors (Lipinski definition) is 2. The van der Waals surface area contributed by atoms with E-state index in [2.05, 4.69) is 15.6 Å². The smallest absolute Gasteiger partial charge is 0.354 e. The van der Waals surface area contributed by atoms with Gasteiger partial charge in [-0.15, -0.1) is 0 Å². The first kappa shape index (κ1) is 19.0. The molecule has 0 unspecified atom stereocenters. The third-order valence-electron chi connectivity index (χ3n) is 4.34. The molecule has 2 N–H and O–H groups in total. The van der Waals surface area contributed by atoms with E-state index >= 15 is 0 Å². The zero-order valence-electron chi connectivity index (χ0n) is 13.8. The van der Waals surface area contributed by atoms with Gasteiger partial charge < -0.3 is 10.6 Å². The van der Waals surface area contributed by atoms with Crippen LogP contribution in [0.3, 0.4) is 0 Å². The fourth-order valence-corrected chi connectivity index (χ4v) is 2.92. The zero-order valence-corrected chi connectivity index (χ0v) is 13.8. The van der Waals surface area contributed by atoms with Crippen molar-refractivity contribution >= 4 is 11.6 Å². The number of alkyl halides is 3. The van der Waals surface area contributed by atoms with Crippen LogP contribution in [0.15, 0.2) is 29.3 Å². The summed E-state index contributed by atoms with van der Waals surface area (Å²) in [5, 5.41) is 16.9. The van der Waals surface area contributed by atoms with E-state index < -0.39 is 17.0 Å². The SMILES string of the molecule is CN=C(NCc1cccc([N+](=O)[O-])c1)NC1CCC(C(F)(F)F)CC1. The first-order valence-electron chi connectivity index (χ1n) is 8.07. The summed E-state index contributed by atoms with van der Waals surface area (Å²) in [5.74, 6) is -0.743. The van der Waals surface area contributed by atoms with Crippen LogP contribution in [0.25, 0.3) is 0 Å². The molecule has 0 atom stereocenters. The van der Waals surface area contributed by atoms with Gasteiger partial charge in [0.15, 0.2) is 5.96 Å². The maximum Gasteiger partial charge on any atom is 0.391 e. The number of nitro groups is 1. The van der Waals surface area contributed by atoms with Crippen molar-refractivity contribution in [3.63, 3.8) is 0 Å². The summed E-state index contributed by atoms with van der Waals surface area (Å²) in [6.07, 6.45) is -3.03. The first-order chi connectivity index (χ1) is 11.8. The molecule has 1 aromatic carbocycles. The molecular weight excluding hydrogens is 337 g/mol. The Kier molecular flexibility index (Phi) is 6.22. The molecule has 0 amide bonds. The van der Waals surface area contributed by atoms with Gasteiger partial charge in [-0.1, -0.05) is 12.1 Å². The van der Waals surface area contributed by atoms with Crippen LogP contribution in [0, 0.1) is 16.0 Å². The van der Waals surface area contributed by atoms with Crippen LogP contribution in [0.4, 0.5) is 18.9 Å². The summed E-state index contributed by atoms with van der Waals surface area (Å²) in [6.45, 7) is 0.333. The lowest BCUT2D eigenvalue weighted by molar-refractivity contribution is -0.384. The van der Waals surface area contributed by atoms with Crippen molar-refractivity contribution in [1.29, 1.82) is 0 Å². The van der Waals surface area contributed by atoms with E-state index in [1.165, 1.54) is 12.1 Å². The summed E-state index contributed by atoms with van der Waals surface area (Å²) < 4.78 is 38.1. The standard InChI is InChI=1S/C16H21F3N4O2/c1-20-15(21-10-11-3-2-4-14(9-11)23(24)25)22-13-7-5-12(6-8-13)16(17,18)19/h2-4,9,12-13H,5-8,10H2,1H3,(H2,20,21,22). The second-order valence-electron chi connectivity index (χ2n) is 6.09. The van der Waals surface area contributed by atoms with E-state index in [4.69, 9.17) is 0 Å². The topological polar surface area (TPSA) is 79.6 Å². The fourth-order valence-electron chi connectivity index (χ4n) is 2.92. The number of hydrogen-bond acceptors (Lipinski definition) is 3. The predicted molar refractivity (Wildman–Crippen MR) is 88.2 cm³/mol. The highest BCUT2D eigenvalue weighted by atomic mass is 19.4. The minimum absolute atomic E-state index is 0.00715. The van der Waals surface area contributed by atoms with Gasteiger partial charge in [0.25, 0.3) is 5.69 Å². The highest BCUT2D eigenvalue weighted by Crippen LogP contribution is 2.37.